The molecule has 0 aromatic heterocycles. The van der Waals surface area contributed by atoms with Gasteiger partial charge in [0.05, 0.1) is 39.9 Å². The molecule has 0 radical (unpaired) electrons. The number of carbonyl (C=O) groups is 1. The lowest BCUT2D eigenvalue weighted by atomic mass is 10.0. The molecule has 0 aromatic rings. The number of aliphatic hydroxyl groups excluding tert-OH is 1. The molecule has 0 spiro atoms. The maximum atomic E-state index is 12.8. The van der Waals surface area contributed by atoms with Gasteiger partial charge in [0.25, 0.3) is 0 Å². The van der Waals surface area contributed by atoms with Crippen LogP contribution in [0.25, 0.3) is 0 Å². The highest BCUT2D eigenvalue weighted by atomic mass is 31.2. The molecule has 392 valence electrons. The standard InChI is InChI=1S/C58H109N2O6P/c1-6-8-10-12-13-14-15-16-17-18-19-20-21-22-23-24-25-26-27-28-29-30-31-32-33-34-35-36-37-38-39-40-41-42-43-44-45-46-47-48-50-52-58(62)59-56(57(61)51-49-11-9-7-2)55-66-67(63,64)65-54-53-60(3,4)5/h8,10,13-14,16-17,19-20,22-23,56-57,61H,6-7,9,11-12,15,18,21,24-55H2,1-5H3,(H-,59,62,63,64)/p+1/b10-8-,14-13-,17-16-,20-19-,23-22-. The normalized spacial score (nSPS) is 14.4. The number of amides is 1. The third kappa shape index (κ3) is 51.9. The summed E-state index contributed by atoms with van der Waals surface area (Å²) in [6.45, 7) is 4.66. The molecule has 0 saturated carbocycles. The van der Waals surface area contributed by atoms with Crippen LogP contribution in [-0.2, 0) is 18.4 Å². The fourth-order valence-corrected chi connectivity index (χ4v) is 8.87. The largest absolute Gasteiger partial charge is 0.472 e. The first-order valence-corrected chi connectivity index (χ1v) is 29.6. The van der Waals surface area contributed by atoms with Gasteiger partial charge in [-0.2, -0.15) is 0 Å². The number of phosphoric acid groups is 1. The highest BCUT2D eigenvalue weighted by molar-refractivity contribution is 7.47. The topological polar surface area (TPSA) is 105 Å². The zero-order chi connectivity index (χ0) is 49.2. The molecule has 9 heteroatoms. The van der Waals surface area contributed by atoms with Gasteiger partial charge < -0.3 is 19.8 Å². The van der Waals surface area contributed by atoms with Crippen molar-refractivity contribution < 1.29 is 32.9 Å². The molecular formula is C58H110N2O6P+. The first-order chi connectivity index (χ1) is 32.5. The van der Waals surface area contributed by atoms with Crippen molar-refractivity contribution in [2.45, 2.75) is 264 Å². The van der Waals surface area contributed by atoms with E-state index in [2.05, 4.69) is 79.9 Å². The second-order valence-electron chi connectivity index (χ2n) is 20.3. The lowest BCUT2D eigenvalue weighted by Gasteiger charge is -2.26. The molecule has 0 bridgehead atoms. The highest BCUT2D eigenvalue weighted by Crippen LogP contribution is 2.43. The van der Waals surface area contributed by atoms with E-state index in [4.69, 9.17) is 9.05 Å². The summed E-state index contributed by atoms with van der Waals surface area (Å²) in [5.41, 5.74) is 0. The fourth-order valence-electron chi connectivity index (χ4n) is 8.13. The fraction of sp³-hybridized carbons (Fsp3) is 0.810. The number of phosphoric ester groups is 1. The molecule has 67 heavy (non-hydrogen) atoms. The van der Waals surface area contributed by atoms with Gasteiger partial charge in [0.1, 0.15) is 13.2 Å². The molecule has 0 aliphatic heterocycles. The van der Waals surface area contributed by atoms with Gasteiger partial charge in [0.15, 0.2) is 0 Å². The van der Waals surface area contributed by atoms with Crippen molar-refractivity contribution in [2.24, 2.45) is 0 Å². The maximum Gasteiger partial charge on any atom is 0.472 e. The van der Waals surface area contributed by atoms with Crippen molar-refractivity contribution in [3.05, 3.63) is 60.8 Å². The molecule has 0 fully saturated rings. The molecule has 0 aliphatic rings. The summed E-state index contributed by atoms with van der Waals surface area (Å²) < 4.78 is 23.4. The molecule has 8 nitrogen and oxygen atoms in total. The molecule has 0 heterocycles. The number of rotatable bonds is 51. The van der Waals surface area contributed by atoms with E-state index in [0.717, 1.165) is 77.0 Å². The molecule has 0 saturated heterocycles. The lowest BCUT2D eigenvalue weighted by molar-refractivity contribution is -0.870. The molecule has 0 aromatic carbocycles. The zero-order valence-corrected chi connectivity index (χ0v) is 45.5. The molecule has 0 aliphatic carbocycles. The number of nitrogens with zero attached hydrogens (tertiary/aromatic N) is 1. The monoisotopic (exact) mass is 962 g/mol. The van der Waals surface area contributed by atoms with Crippen LogP contribution in [0.15, 0.2) is 60.8 Å². The van der Waals surface area contributed by atoms with Gasteiger partial charge in [0, 0.05) is 6.42 Å². The van der Waals surface area contributed by atoms with E-state index in [0.29, 0.717) is 23.9 Å². The summed E-state index contributed by atoms with van der Waals surface area (Å²) in [7, 11) is 1.61. The van der Waals surface area contributed by atoms with E-state index in [1.807, 2.05) is 21.1 Å². The van der Waals surface area contributed by atoms with Crippen molar-refractivity contribution in [1.29, 1.82) is 0 Å². The van der Waals surface area contributed by atoms with Crippen LogP contribution in [-0.4, -0.2) is 73.4 Å². The Kier molecular flexibility index (Phi) is 47.9. The van der Waals surface area contributed by atoms with Crippen LogP contribution in [0.5, 0.6) is 0 Å². The number of nitrogens with one attached hydrogen (secondary N) is 1. The second kappa shape index (κ2) is 49.2. The van der Waals surface area contributed by atoms with E-state index < -0.39 is 20.0 Å². The number of carbonyl (C=O) groups excluding carboxylic acids is 1. The van der Waals surface area contributed by atoms with Crippen LogP contribution < -0.4 is 5.32 Å². The minimum absolute atomic E-state index is 0.0742. The number of aliphatic hydroxyl groups is 1. The Morgan fingerprint density at radius 2 is 0.896 bits per heavy atom. The van der Waals surface area contributed by atoms with Crippen LogP contribution in [0.3, 0.4) is 0 Å². The molecule has 3 unspecified atom stereocenters. The molecule has 3 N–H and O–H groups in total. The van der Waals surface area contributed by atoms with Crippen molar-refractivity contribution in [3.63, 3.8) is 0 Å². The molecular weight excluding hydrogens is 852 g/mol. The Morgan fingerprint density at radius 1 is 0.522 bits per heavy atom. The van der Waals surface area contributed by atoms with Gasteiger partial charge in [-0.25, -0.2) is 4.57 Å². The smallest absolute Gasteiger partial charge is 0.391 e. The van der Waals surface area contributed by atoms with E-state index >= 15 is 0 Å². The molecule has 1 amide bonds. The Balaban J connectivity index is 3.63. The van der Waals surface area contributed by atoms with Crippen molar-refractivity contribution >= 4 is 13.7 Å². The summed E-state index contributed by atoms with van der Waals surface area (Å²) in [6, 6.07) is -0.755. The van der Waals surface area contributed by atoms with Gasteiger partial charge in [-0.1, -0.05) is 248 Å². The number of quaternary nitrogens is 1. The molecule has 0 rings (SSSR count). The third-order valence-corrected chi connectivity index (χ3v) is 13.5. The van der Waals surface area contributed by atoms with Crippen LogP contribution in [0.2, 0.25) is 0 Å². The van der Waals surface area contributed by atoms with E-state index in [1.54, 1.807) is 0 Å². The lowest BCUT2D eigenvalue weighted by Crippen LogP contribution is -2.46. The minimum atomic E-state index is -4.30. The first-order valence-electron chi connectivity index (χ1n) is 28.2. The summed E-state index contributed by atoms with van der Waals surface area (Å²) in [5, 5.41) is 13.7. The van der Waals surface area contributed by atoms with E-state index in [-0.39, 0.29) is 19.1 Å². The van der Waals surface area contributed by atoms with Gasteiger partial charge >= 0.3 is 7.82 Å². The number of likely N-dealkylation sites (N-methyl/N-ethyl adjacent to an activating group) is 1. The maximum absolute atomic E-state index is 12.8. The molecule has 3 atom stereocenters. The Labute approximate surface area is 415 Å². The average Bonchev–Trinajstić information content (AvgIpc) is 3.29. The number of hydrogen-bond donors (Lipinski definition) is 3. The average molecular weight is 962 g/mol. The van der Waals surface area contributed by atoms with Gasteiger partial charge in [-0.05, 0) is 57.8 Å². The third-order valence-electron chi connectivity index (χ3n) is 12.5. The quantitative estimate of drug-likeness (QED) is 0.0243. The predicted octanol–water partition coefficient (Wildman–Crippen LogP) is 16.9. The van der Waals surface area contributed by atoms with Crippen LogP contribution in [0.1, 0.15) is 251 Å². The number of hydrogen-bond acceptors (Lipinski definition) is 5. The van der Waals surface area contributed by atoms with Gasteiger partial charge in [-0.15, -0.1) is 0 Å². The Hall–Kier alpha value is -1.80. The summed E-state index contributed by atoms with van der Waals surface area (Å²) in [6.07, 6.45) is 66.7. The number of allylic oxidation sites excluding steroid dienone is 10. The highest BCUT2D eigenvalue weighted by Gasteiger charge is 2.28. The van der Waals surface area contributed by atoms with Crippen molar-refractivity contribution in [3.8, 4) is 0 Å². The van der Waals surface area contributed by atoms with E-state index in [9.17, 15) is 19.4 Å². The number of unbranched alkanes of at least 4 members (excludes halogenated alkanes) is 28. The minimum Gasteiger partial charge on any atom is -0.391 e. The van der Waals surface area contributed by atoms with Gasteiger partial charge in [0.2, 0.25) is 5.91 Å². The van der Waals surface area contributed by atoms with Crippen molar-refractivity contribution in [2.75, 3.05) is 40.9 Å². The first kappa shape index (κ1) is 65.2. The van der Waals surface area contributed by atoms with E-state index in [1.165, 1.54) is 148 Å². The second-order valence-corrected chi connectivity index (χ2v) is 21.7. The zero-order valence-electron chi connectivity index (χ0n) is 44.6. The van der Waals surface area contributed by atoms with Crippen molar-refractivity contribution in [1.82, 2.24) is 5.32 Å². The Morgan fingerprint density at radius 3 is 1.30 bits per heavy atom. The summed E-state index contributed by atoms with van der Waals surface area (Å²) >= 11 is 0. The summed E-state index contributed by atoms with van der Waals surface area (Å²) in [4.78, 5) is 23.0. The predicted molar refractivity (Wildman–Crippen MR) is 290 cm³/mol. The van der Waals surface area contributed by atoms with Crippen LogP contribution in [0, 0.1) is 0 Å². The van der Waals surface area contributed by atoms with Gasteiger partial charge in [-0.3, -0.25) is 13.8 Å². The SMILES string of the molecule is CC/C=C\C/C=C\C/C=C\C/C=C\C/C=C\CCCCCCCCCCCCCCCCCCCCCCCCCCCC(=O)NC(COP(=O)(O)OCC[N+](C)(C)C)C(O)CCCCCC. The summed E-state index contributed by atoms with van der Waals surface area (Å²) in [5.74, 6) is -0.151. The Bertz CT molecular complexity index is 1270. The van der Waals surface area contributed by atoms with Crippen LogP contribution >= 0.6 is 7.82 Å². The van der Waals surface area contributed by atoms with Crippen LogP contribution in [0.4, 0.5) is 0 Å².